The van der Waals surface area contributed by atoms with Gasteiger partial charge in [0.15, 0.2) is 0 Å². The first kappa shape index (κ1) is 21.7. The second-order valence-electron chi connectivity index (χ2n) is 10.1. The number of ether oxygens (including phenoxy) is 1. The summed E-state index contributed by atoms with van der Waals surface area (Å²) in [4.78, 5) is 24.7. The molecule has 1 heterocycles. The molecule has 0 saturated heterocycles. The molecule has 0 bridgehead atoms. The van der Waals surface area contributed by atoms with Crippen molar-refractivity contribution in [2.75, 3.05) is 0 Å². The number of aromatic hydroxyl groups is 1. The van der Waals surface area contributed by atoms with E-state index in [4.69, 9.17) is 4.74 Å². The Morgan fingerprint density at radius 2 is 1.71 bits per heavy atom. The summed E-state index contributed by atoms with van der Waals surface area (Å²) < 4.78 is 6.20. The highest BCUT2D eigenvalue weighted by Gasteiger charge is 2.50. The van der Waals surface area contributed by atoms with Gasteiger partial charge in [-0.1, -0.05) is 32.4 Å². The summed E-state index contributed by atoms with van der Waals surface area (Å²) in [6, 6.07) is 1.33. The van der Waals surface area contributed by atoms with E-state index in [0.717, 1.165) is 19.3 Å². The number of carbonyl (C=O) groups excluding carboxylic acids is 2. The molecule has 0 fully saturated rings. The molecule has 0 spiro atoms. The first-order chi connectivity index (χ1) is 14.4. The zero-order chi connectivity index (χ0) is 22.9. The SMILES string of the molecule is CC1=CCC[C@@H](C)[C@]1(C)CC[C@@]1(C)c2c(O)cc3c(c2O[C@@H]1C)C(O)=C(C)C(=O)C3=O. The highest BCUT2D eigenvalue weighted by molar-refractivity contribution is 6.52. The number of aliphatic hydroxyl groups is 1. The molecule has 0 radical (unpaired) electrons. The van der Waals surface area contributed by atoms with E-state index in [1.165, 1.54) is 25.0 Å². The number of hydrogen-bond acceptors (Lipinski definition) is 5. The number of benzene rings is 1. The van der Waals surface area contributed by atoms with Gasteiger partial charge in [0.1, 0.15) is 23.4 Å². The highest BCUT2D eigenvalue weighted by atomic mass is 16.5. The van der Waals surface area contributed by atoms with Crippen molar-refractivity contribution in [3.8, 4) is 11.5 Å². The van der Waals surface area contributed by atoms with Crippen LogP contribution >= 0.6 is 0 Å². The summed E-state index contributed by atoms with van der Waals surface area (Å²) in [6.07, 6.45) is 6.09. The zero-order valence-electron chi connectivity index (χ0n) is 19.3. The fraction of sp³-hybridized carbons (Fsp3) is 0.538. The largest absolute Gasteiger partial charge is 0.507 e. The van der Waals surface area contributed by atoms with Crippen molar-refractivity contribution < 1.29 is 24.5 Å². The fourth-order valence-corrected chi connectivity index (χ4v) is 5.61. The van der Waals surface area contributed by atoms with Gasteiger partial charge in [0.2, 0.25) is 11.6 Å². The molecule has 2 aliphatic carbocycles. The van der Waals surface area contributed by atoms with Crippen LogP contribution < -0.4 is 4.74 Å². The van der Waals surface area contributed by atoms with Gasteiger partial charge in [0, 0.05) is 22.1 Å². The average Bonchev–Trinajstić information content (AvgIpc) is 2.99. The van der Waals surface area contributed by atoms with Crippen LogP contribution in [0.1, 0.15) is 88.7 Å². The van der Waals surface area contributed by atoms with Gasteiger partial charge in [-0.3, -0.25) is 9.59 Å². The quantitative estimate of drug-likeness (QED) is 0.484. The molecule has 5 nitrogen and oxygen atoms in total. The molecule has 1 aromatic carbocycles. The molecule has 166 valence electrons. The Balaban J connectivity index is 1.80. The van der Waals surface area contributed by atoms with E-state index in [0.29, 0.717) is 17.2 Å². The maximum Gasteiger partial charge on any atom is 0.234 e. The number of hydrogen-bond donors (Lipinski definition) is 2. The first-order valence-corrected chi connectivity index (χ1v) is 11.2. The third-order valence-corrected chi connectivity index (χ3v) is 8.61. The Bertz CT molecular complexity index is 1060. The van der Waals surface area contributed by atoms with Crippen LogP contribution in [0.25, 0.3) is 5.76 Å². The van der Waals surface area contributed by atoms with Crippen molar-refractivity contribution in [3.63, 3.8) is 0 Å². The normalized spacial score (nSPS) is 32.5. The molecule has 4 rings (SSSR count). The van der Waals surface area contributed by atoms with Crippen molar-refractivity contribution >= 4 is 17.3 Å². The first-order valence-electron chi connectivity index (χ1n) is 11.2. The topological polar surface area (TPSA) is 83.8 Å². The van der Waals surface area contributed by atoms with Crippen molar-refractivity contribution in [1.82, 2.24) is 0 Å². The van der Waals surface area contributed by atoms with Crippen molar-refractivity contribution in [3.05, 3.63) is 40.0 Å². The molecule has 2 N–H and O–H groups in total. The van der Waals surface area contributed by atoms with Crippen LogP contribution in [0, 0.1) is 11.3 Å². The minimum absolute atomic E-state index is 0.00689. The predicted octanol–water partition coefficient (Wildman–Crippen LogP) is 5.65. The number of ketones is 2. The second-order valence-corrected chi connectivity index (χ2v) is 10.1. The monoisotopic (exact) mass is 424 g/mol. The van der Waals surface area contributed by atoms with Crippen LogP contribution in [-0.2, 0) is 10.2 Å². The molecular formula is C26H32O5. The third-order valence-electron chi connectivity index (χ3n) is 8.61. The number of fused-ring (bicyclic) bond motifs is 3. The summed E-state index contributed by atoms with van der Waals surface area (Å²) in [5, 5.41) is 21.7. The van der Waals surface area contributed by atoms with Gasteiger partial charge in [0.25, 0.3) is 0 Å². The molecule has 3 aliphatic rings. The Morgan fingerprint density at radius 1 is 1.06 bits per heavy atom. The van der Waals surface area contributed by atoms with Crippen LogP contribution in [0.5, 0.6) is 11.5 Å². The third kappa shape index (κ3) is 2.89. The van der Waals surface area contributed by atoms with Gasteiger partial charge >= 0.3 is 0 Å². The number of carbonyl (C=O) groups is 2. The van der Waals surface area contributed by atoms with Gasteiger partial charge in [-0.25, -0.2) is 0 Å². The van der Waals surface area contributed by atoms with Gasteiger partial charge in [-0.15, -0.1) is 0 Å². The molecule has 1 aliphatic heterocycles. The van der Waals surface area contributed by atoms with E-state index >= 15 is 0 Å². The highest BCUT2D eigenvalue weighted by Crippen LogP contribution is 2.56. The molecule has 0 aromatic heterocycles. The van der Waals surface area contributed by atoms with Crippen molar-refractivity contribution in [2.24, 2.45) is 11.3 Å². The minimum atomic E-state index is -0.750. The Labute approximate surface area is 183 Å². The molecular weight excluding hydrogens is 392 g/mol. The summed E-state index contributed by atoms with van der Waals surface area (Å²) >= 11 is 0. The maximum absolute atomic E-state index is 12.5. The Morgan fingerprint density at radius 3 is 2.35 bits per heavy atom. The van der Waals surface area contributed by atoms with Crippen molar-refractivity contribution in [2.45, 2.75) is 78.7 Å². The lowest BCUT2D eigenvalue weighted by Gasteiger charge is -2.42. The van der Waals surface area contributed by atoms with Gasteiger partial charge in [-0.05, 0) is 63.9 Å². The van der Waals surface area contributed by atoms with Gasteiger partial charge < -0.3 is 14.9 Å². The van der Waals surface area contributed by atoms with Crippen LogP contribution in [0.15, 0.2) is 23.3 Å². The molecule has 4 atom stereocenters. The van der Waals surface area contributed by atoms with Crippen LogP contribution in [0.2, 0.25) is 0 Å². The van der Waals surface area contributed by atoms with Gasteiger partial charge in [0.05, 0.1) is 5.56 Å². The standard InChI is InChI=1S/C26H32O5/c1-13-8-7-9-14(2)25(13,5)10-11-26(6)16(4)31-24-19-17(12-18(27)20(24)26)23(30)22(29)15(3)21(19)28/h8,12,14,16,27-28H,7,9-11H2,1-6H3/t14-,16-,25-,26-/m1/s1. The maximum atomic E-state index is 12.5. The minimum Gasteiger partial charge on any atom is -0.507 e. The van der Waals surface area contributed by atoms with E-state index in [9.17, 15) is 19.8 Å². The molecule has 31 heavy (non-hydrogen) atoms. The average molecular weight is 425 g/mol. The fourth-order valence-electron chi connectivity index (χ4n) is 5.61. The number of phenols is 1. The van der Waals surface area contributed by atoms with E-state index in [2.05, 4.69) is 33.8 Å². The van der Waals surface area contributed by atoms with E-state index in [-0.39, 0.29) is 39.7 Å². The van der Waals surface area contributed by atoms with Crippen LogP contribution in [-0.4, -0.2) is 27.9 Å². The van der Waals surface area contributed by atoms with E-state index in [1.54, 1.807) is 0 Å². The lowest BCUT2D eigenvalue weighted by atomic mass is 9.62. The second kappa shape index (κ2) is 6.98. The van der Waals surface area contributed by atoms with Crippen LogP contribution in [0.3, 0.4) is 0 Å². The summed E-state index contributed by atoms with van der Waals surface area (Å²) in [5.41, 5.74) is 1.87. The predicted molar refractivity (Wildman–Crippen MR) is 120 cm³/mol. The lowest BCUT2D eigenvalue weighted by molar-refractivity contribution is -0.111. The summed E-state index contributed by atoms with van der Waals surface area (Å²) in [6.45, 7) is 12.3. The number of allylic oxidation sites excluding steroid dienone is 3. The molecule has 0 unspecified atom stereocenters. The number of Topliss-reactive ketones (excluding diaryl/α,β-unsaturated/α-hetero) is 2. The molecule has 0 saturated carbocycles. The Hall–Kier alpha value is -2.56. The molecule has 0 amide bonds. The number of rotatable bonds is 3. The van der Waals surface area contributed by atoms with Gasteiger partial charge in [-0.2, -0.15) is 0 Å². The van der Waals surface area contributed by atoms with Crippen molar-refractivity contribution in [1.29, 1.82) is 0 Å². The number of phenolic OH excluding ortho intramolecular Hbond substituents is 1. The van der Waals surface area contributed by atoms with Crippen LogP contribution in [0.4, 0.5) is 0 Å². The molecule has 1 aromatic rings. The zero-order valence-corrected chi connectivity index (χ0v) is 19.3. The summed E-state index contributed by atoms with van der Waals surface area (Å²) in [5.74, 6) is -0.871. The van der Waals surface area contributed by atoms with E-state index in [1.807, 2.05) is 6.92 Å². The smallest absolute Gasteiger partial charge is 0.234 e. The Kier molecular flexibility index (Phi) is 4.87. The molecule has 5 heteroatoms. The lowest BCUT2D eigenvalue weighted by Crippen LogP contribution is -2.37. The number of aliphatic hydroxyl groups excluding tert-OH is 1. The summed E-state index contributed by atoms with van der Waals surface area (Å²) in [7, 11) is 0. The van der Waals surface area contributed by atoms with E-state index < -0.39 is 17.0 Å².